The van der Waals surface area contributed by atoms with Crippen LogP contribution >= 0.6 is 0 Å². The molecular weight excluding hydrogens is 228 g/mol. The van der Waals surface area contributed by atoms with Crippen LogP contribution in [0.15, 0.2) is 18.2 Å². The van der Waals surface area contributed by atoms with Crippen molar-refractivity contribution in [2.75, 3.05) is 13.2 Å². The van der Waals surface area contributed by atoms with Gasteiger partial charge in [-0.3, -0.25) is 4.79 Å². The Morgan fingerprint density at radius 2 is 2.22 bits per heavy atom. The summed E-state index contributed by atoms with van der Waals surface area (Å²) in [6.45, 7) is 7.82. The van der Waals surface area contributed by atoms with Crippen LogP contribution in [-0.2, 0) is 11.3 Å². The molecule has 1 amide bonds. The van der Waals surface area contributed by atoms with Crippen LogP contribution in [0.25, 0.3) is 0 Å². The number of amides is 1. The van der Waals surface area contributed by atoms with Gasteiger partial charge in [-0.15, -0.1) is 0 Å². The Kier molecular flexibility index (Phi) is 5.65. The summed E-state index contributed by atoms with van der Waals surface area (Å²) in [5.41, 5.74) is 7.40. The molecule has 1 rings (SSSR count). The highest BCUT2D eigenvalue weighted by molar-refractivity contribution is 5.76. The van der Waals surface area contributed by atoms with Crippen LogP contribution in [0.5, 0.6) is 5.75 Å². The Labute approximate surface area is 109 Å². The molecule has 0 saturated heterocycles. The van der Waals surface area contributed by atoms with E-state index in [1.54, 1.807) is 6.92 Å². The number of aryl methyl sites for hydroxylation is 1. The first-order chi connectivity index (χ1) is 8.56. The molecule has 3 N–H and O–H groups in total. The molecule has 1 aromatic carbocycles. The van der Waals surface area contributed by atoms with Gasteiger partial charge in [-0.1, -0.05) is 32.0 Å². The third kappa shape index (κ3) is 4.04. The van der Waals surface area contributed by atoms with Gasteiger partial charge in [-0.05, 0) is 19.0 Å². The van der Waals surface area contributed by atoms with Crippen molar-refractivity contribution < 1.29 is 9.53 Å². The number of ether oxygens (including phenoxy) is 1. The minimum atomic E-state index is -0.336. The summed E-state index contributed by atoms with van der Waals surface area (Å²) in [5.74, 6) is 0.236. The summed E-state index contributed by atoms with van der Waals surface area (Å²) in [6, 6.07) is 6.03. The van der Waals surface area contributed by atoms with Crippen LogP contribution in [0.3, 0.4) is 0 Å². The predicted octanol–water partition coefficient (Wildman–Crippen LogP) is 1.60. The van der Waals surface area contributed by atoms with Crippen molar-refractivity contribution >= 4 is 5.91 Å². The fourth-order valence-electron chi connectivity index (χ4n) is 1.61. The number of nitrogens with one attached hydrogen (secondary N) is 1. The molecule has 0 aromatic heterocycles. The van der Waals surface area contributed by atoms with Crippen LogP contribution in [0, 0.1) is 12.8 Å². The molecule has 4 heteroatoms. The lowest BCUT2D eigenvalue weighted by Crippen LogP contribution is -2.26. The second-order valence-corrected chi connectivity index (χ2v) is 4.46. The van der Waals surface area contributed by atoms with Crippen molar-refractivity contribution in [3.05, 3.63) is 29.3 Å². The van der Waals surface area contributed by atoms with Gasteiger partial charge in [0.25, 0.3) is 0 Å². The van der Waals surface area contributed by atoms with E-state index >= 15 is 0 Å². The molecule has 1 unspecified atom stereocenters. The molecule has 0 fully saturated rings. The minimum Gasteiger partial charge on any atom is -0.492 e. The van der Waals surface area contributed by atoms with Crippen molar-refractivity contribution in [2.24, 2.45) is 11.7 Å². The van der Waals surface area contributed by atoms with E-state index in [0.29, 0.717) is 6.61 Å². The highest BCUT2D eigenvalue weighted by Gasteiger charge is 2.12. The number of hydrogen-bond donors (Lipinski definition) is 2. The Balaban J connectivity index is 2.76. The largest absolute Gasteiger partial charge is 0.492 e. The van der Waals surface area contributed by atoms with E-state index in [1.165, 1.54) is 0 Å². The SMILES string of the molecule is CCNCc1cccc(C)c1OCC(C)C(N)=O. The maximum Gasteiger partial charge on any atom is 0.223 e. The second-order valence-electron chi connectivity index (χ2n) is 4.46. The third-order valence-electron chi connectivity index (χ3n) is 2.82. The highest BCUT2D eigenvalue weighted by Crippen LogP contribution is 2.23. The van der Waals surface area contributed by atoms with Crippen LogP contribution in [0.4, 0.5) is 0 Å². The van der Waals surface area contributed by atoms with E-state index in [1.807, 2.05) is 25.1 Å². The molecule has 0 aliphatic carbocycles. The molecule has 100 valence electrons. The van der Waals surface area contributed by atoms with Crippen LogP contribution < -0.4 is 15.8 Å². The van der Waals surface area contributed by atoms with Gasteiger partial charge in [0.05, 0.1) is 12.5 Å². The standard InChI is InChI=1S/C14H22N2O2/c1-4-16-8-12-7-5-6-10(2)13(12)18-9-11(3)14(15)17/h5-7,11,16H,4,8-9H2,1-3H3,(H2,15,17). The molecule has 1 atom stereocenters. The summed E-state index contributed by atoms with van der Waals surface area (Å²) >= 11 is 0. The molecule has 4 nitrogen and oxygen atoms in total. The van der Waals surface area contributed by atoms with Gasteiger partial charge in [-0.25, -0.2) is 0 Å². The Morgan fingerprint density at radius 1 is 1.50 bits per heavy atom. The van der Waals surface area contributed by atoms with E-state index in [9.17, 15) is 4.79 Å². The first kappa shape index (κ1) is 14.5. The fourth-order valence-corrected chi connectivity index (χ4v) is 1.61. The van der Waals surface area contributed by atoms with Crippen molar-refractivity contribution in [1.82, 2.24) is 5.32 Å². The molecule has 1 aromatic rings. The zero-order chi connectivity index (χ0) is 13.5. The quantitative estimate of drug-likeness (QED) is 0.772. The molecule has 0 saturated carbocycles. The molecule has 0 spiro atoms. The minimum absolute atomic E-state index is 0.281. The van der Waals surface area contributed by atoms with Crippen LogP contribution in [0.1, 0.15) is 25.0 Å². The maximum absolute atomic E-state index is 11.0. The average molecular weight is 250 g/mol. The van der Waals surface area contributed by atoms with E-state index in [-0.39, 0.29) is 11.8 Å². The molecule has 0 bridgehead atoms. The van der Waals surface area contributed by atoms with Crippen molar-refractivity contribution in [3.8, 4) is 5.75 Å². The second kappa shape index (κ2) is 7.01. The van der Waals surface area contributed by atoms with Gasteiger partial charge in [0.1, 0.15) is 5.75 Å². The average Bonchev–Trinajstić information content (AvgIpc) is 2.34. The molecule has 0 aliphatic heterocycles. The Hall–Kier alpha value is -1.55. The van der Waals surface area contributed by atoms with Crippen molar-refractivity contribution in [2.45, 2.75) is 27.3 Å². The van der Waals surface area contributed by atoms with Gasteiger partial charge in [-0.2, -0.15) is 0 Å². The number of para-hydroxylation sites is 1. The summed E-state index contributed by atoms with van der Waals surface area (Å²) in [4.78, 5) is 11.0. The monoisotopic (exact) mass is 250 g/mol. The first-order valence-corrected chi connectivity index (χ1v) is 6.27. The van der Waals surface area contributed by atoms with E-state index in [2.05, 4.69) is 12.2 Å². The summed E-state index contributed by atoms with van der Waals surface area (Å²) < 4.78 is 5.75. The van der Waals surface area contributed by atoms with E-state index in [4.69, 9.17) is 10.5 Å². The normalized spacial score (nSPS) is 12.2. The number of rotatable bonds is 7. The molecular formula is C14H22N2O2. The fraction of sp³-hybridized carbons (Fsp3) is 0.500. The third-order valence-corrected chi connectivity index (χ3v) is 2.82. The summed E-state index contributed by atoms with van der Waals surface area (Å²) in [5, 5.41) is 3.27. The number of carbonyl (C=O) groups is 1. The zero-order valence-electron chi connectivity index (χ0n) is 11.3. The highest BCUT2D eigenvalue weighted by atomic mass is 16.5. The van der Waals surface area contributed by atoms with Crippen molar-refractivity contribution in [3.63, 3.8) is 0 Å². The topological polar surface area (TPSA) is 64.3 Å². The van der Waals surface area contributed by atoms with Gasteiger partial charge < -0.3 is 15.8 Å². The maximum atomic E-state index is 11.0. The lowest BCUT2D eigenvalue weighted by Gasteiger charge is -2.16. The van der Waals surface area contributed by atoms with Crippen LogP contribution in [-0.4, -0.2) is 19.1 Å². The van der Waals surface area contributed by atoms with Gasteiger partial charge in [0.15, 0.2) is 0 Å². The molecule has 0 aliphatic rings. The summed E-state index contributed by atoms with van der Waals surface area (Å²) in [6.07, 6.45) is 0. The molecule has 0 radical (unpaired) electrons. The number of nitrogens with two attached hydrogens (primary N) is 1. The number of carbonyl (C=O) groups excluding carboxylic acids is 1. The van der Waals surface area contributed by atoms with Gasteiger partial charge in [0.2, 0.25) is 5.91 Å². The smallest absolute Gasteiger partial charge is 0.223 e. The predicted molar refractivity (Wildman–Crippen MR) is 72.4 cm³/mol. The lowest BCUT2D eigenvalue weighted by atomic mass is 10.1. The van der Waals surface area contributed by atoms with E-state index in [0.717, 1.165) is 30.0 Å². The van der Waals surface area contributed by atoms with Gasteiger partial charge in [0, 0.05) is 12.1 Å². The Morgan fingerprint density at radius 3 is 2.83 bits per heavy atom. The number of benzene rings is 1. The number of primary amides is 1. The van der Waals surface area contributed by atoms with E-state index < -0.39 is 0 Å². The first-order valence-electron chi connectivity index (χ1n) is 6.27. The molecule has 0 heterocycles. The summed E-state index contributed by atoms with van der Waals surface area (Å²) in [7, 11) is 0. The van der Waals surface area contributed by atoms with Gasteiger partial charge >= 0.3 is 0 Å². The van der Waals surface area contributed by atoms with Crippen LogP contribution in [0.2, 0.25) is 0 Å². The zero-order valence-corrected chi connectivity index (χ0v) is 11.3. The number of hydrogen-bond acceptors (Lipinski definition) is 3. The molecule has 18 heavy (non-hydrogen) atoms. The van der Waals surface area contributed by atoms with Crippen molar-refractivity contribution in [1.29, 1.82) is 0 Å². The lowest BCUT2D eigenvalue weighted by molar-refractivity contribution is -0.122. The Bertz CT molecular complexity index is 405.